The van der Waals surface area contributed by atoms with Gasteiger partial charge in [-0.1, -0.05) is 42.5 Å². The van der Waals surface area contributed by atoms with E-state index in [1.807, 2.05) is 67.0 Å². The number of fused-ring (bicyclic) bond motifs is 1. The standard InChI is InChI=1S/C28H21N5O/c1-2-5-19(6-3-1)18-34-22-13-21(16-30-17-22)26-15-28(33-32-26)27-14-24-23(7-4-8-25(24)31-27)20-9-11-29-12-10-20/h1-17,31H,18H2,(H,32,33). The van der Waals surface area contributed by atoms with Gasteiger partial charge in [0, 0.05) is 35.1 Å². The van der Waals surface area contributed by atoms with Crippen LogP contribution in [-0.4, -0.2) is 25.1 Å². The number of rotatable bonds is 6. The Hall–Kier alpha value is -4.71. The SMILES string of the molecule is c1ccc(COc2cncc(-c3cc(-c4cc5c(-c6ccncc6)cccc5[nH]4)n[nH]3)c2)cc1. The Kier molecular flexibility index (Phi) is 5.09. The van der Waals surface area contributed by atoms with Gasteiger partial charge in [0.15, 0.2) is 0 Å². The van der Waals surface area contributed by atoms with Gasteiger partial charge in [0.2, 0.25) is 0 Å². The zero-order valence-electron chi connectivity index (χ0n) is 18.3. The van der Waals surface area contributed by atoms with Crippen molar-refractivity contribution in [2.45, 2.75) is 6.61 Å². The van der Waals surface area contributed by atoms with Crippen molar-refractivity contribution in [3.05, 3.63) is 109 Å². The maximum atomic E-state index is 5.93. The van der Waals surface area contributed by atoms with Crippen LogP contribution in [0, 0.1) is 0 Å². The summed E-state index contributed by atoms with van der Waals surface area (Å²) in [4.78, 5) is 12.0. The fourth-order valence-electron chi connectivity index (χ4n) is 4.07. The van der Waals surface area contributed by atoms with Gasteiger partial charge in [-0.2, -0.15) is 5.10 Å². The molecular weight excluding hydrogens is 422 g/mol. The van der Waals surface area contributed by atoms with Crippen molar-refractivity contribution < 1.29 is 4.74 Å². The molecule has 0 spiro atoms. The summed E-state index contributed by atoms with van der Waals surface area (Å²) in [6.45, 7) is 0.495. The lowest BCUT2D eigenvalue weighted by Gasteiger charge is -2.07. The highest BCUT2D eigenvalue weighted by molar-refractivity contribution is 5.98. The monoisotopic (exact) mass is 443 g/mol. The Labute approximate surface area is 196 Å². The lowest BCUT2D eigenvalue weighted by atomic mass is 10.0. The van der Waals surface area contributed by atoms with Crippen LogP contribution in [-0.2, 0) is 6.61 Å². The summed E-state index contributed by atoms with van der Waals surface area (Å²) < 4.78 is 5.93. The van der Waals surface area contributed by atoms with E-state index >= 15 is 0 Å². The Morgan fingerprint density at radius 1 is 0.735 bits per heavy atom. The molecule has 0 amide bonds. The highest BCUT2D eigenvalue weighted by Gasteiger charge is 2.12. The second-order valence-corrected chi connectivity index (χ2v) is 8.04. The van der Waals surface area contributed by atoms with E-state index in [1.165, 1.54) is 0 Å². The molecule has 0 unspecified atom stereocenters. The number of hydrogen-bond donors (Lipinski definition) is 2. The lowest BCUT2D eigenvalue weighted by molar-refractivity contribution is 0.305. The molecule has 34 heavy (non-hydrogen) atoms. The number of aromatic nitrogens is 5. The molecule has 0 fully saturated rings. The zero-order chi connectivity index (χ0) is 22.7. The van der Waals surface area contributed by atoms with Gasteiger partial charge in [0.05, 0.1) is 17.6 Å². The van der Waals surface area contributed by atoms with Crippen molar-refractivity contribution >= 4 is 10.9 Å². The molecule has 0 atom stereocenters. The highest BCUT2D eigenvalue weighted by atomic mass is 16.5. The minimum Gasteiger partial charge on any atom is -0.487 e. The Morgan fingerprint density at radius 3 is 2.50 bits per heavy atom. The van der Waals surface area contributed by atoms with Crippen molar-refractivity contribution in [2.75, 3.05) is 0 Å². The topological polar surface area (TPSA) is 79.5 Å². The molecule has 4 aromatic heterocycles. The minimum atomic E-state index is 0.495. The lowest BCUT2D eigenvalue weighted by Crippen LogP contribution is -1.95. The van der Waals surface area contributed by atoms with E-state index < -0.39 is 0 Å². The van der Waals surface area contributed by atoms with Gasteiger partial charge < -0.3 is 9.72 Å². The van der Waals surface area contributed by atoms with E-state index in [0.717, 1.165) is 50.2 Å². The van der Waals surface area contributed by atoms with E-state index in [9.17, 15) is 0 Å². The minimum absolute atomic E-state index is 0.495. The van der Waals surface area contributed by atoms with Crippen LogP contribution >= 0.6 is 0 Å². The molecule has 0 aliphatic rings. The van der Waals surface area contributed by atoms with E-state index in [0.29, 0.717) is 12.4 Å². The summed E-state index contributed by atoms with van der Waals surface area (Å²) in [6, 6.07) is 26.5. The average Bonchev–Trinajstić information content (AvgIpc) is 3.56. The van der Waals surface area contributed by atoms with Gasteiger partial charge in [-0.05, 0) is 53.1 Å². The van der Waals surface area contributed by atoms with Crippen molar-refractivity contribution in [3.8, 4) is 39.5 Å². The van der Waals surface area contributed by atoms with Crippen LogP contribution < -0.4 is 4.74 Å². The molecule has 4 heterocycles. The molecule has 2 aromatic carbocycles. The predicted octanol–water partition coefficient (Wildman–Crippen LogP) is 6.26. The number of pyridine rings is 2. The summed E-state index contributed by atoms with van der Waals surface area (Å²) >= 11 is 0. The number of aromatic amines is 2. The van der Waals surface area contributed by atoms with E-state index in [2.05, 4.69) is 49.4 Å². The molecule has 6 nitrogen and oxygen atoms in total. The van der Waals surface area contributed by atoms with Crippen LogP contribution in [0.15, 0.2) is 104 Å². The largest absolute Gasteiger partial charge is 0.487 e. The number of H-pyrrole nitrogens is 2. The molecule has 0 bridgehead atoms. The summed E-state index contributed by atoms with van der Waals surface area (Å²) in [6.07, 6.45) is 7.16. The summed E-state index contributed by atoms with van der Waals surface area (Å²) in [5.74, 6) is 0.713. The Bertz CT molecular complexity index is 1550. The first-order valence-electron chi connectivity index (χ1n) is 11.0. The second-order valence-electron chi connectivity index (χ2n) is 8.04. The molecule has 2 N–H and O–H groups in total. The van der Waals surface area contributed by atoms with Gasteiger partial charge in [0.25, 0.3) is 0 Å². The van der Waals surface area contributed by atoms with Gasteiger partial charge in [-0.3, -0.25) is 15.1 Å². The molecule has 6 rings (SSSR count). The van der Waals surface area contributed by atoms with E-state index in [4.69, 9.17) is 4.74 Å². The highest BCUT2D eigenvalue weighted by Crippen LogP contribution is 2.32. The second kappa shape index (κ2) is 8.67. The normalized spacial score (nSPS) is 11.1. The van der Waals surface area contributed by atoms with E-state index in [1.54, 1.807) is 12.4 Å². The molecule has 0 saturated heterocycles. The van der Waals surface area contributed by atoms with E-state index in [-0.39, 0.29) is 0 Å². The average molecular weight is 444 g/mol. The Morgan fingerprint density at radius 2 is 1.62 bits per heavy atom. The first kappa shape index (κ1) is 19.9. The van der Waals surface area contributed by atoms with Crippen LogP contribution in [0.4, 0.5) is 0 Å². The van der Waals surface area contributed by atoms with Crippen LogP contribution in [0.3, 0.4) is 0 Å². The van der Waals surface area contributed by atoms with Gasteiger partial charge in [-0.25, -0.2) is 0 Å². The summed E-state index contributed by atoms with van der Waals surface area (Å²) in [5, 5.41) is 8.83. The number of nitrogens with one attached hydrogen (secondary N) is 2. The van der Waals surface area contributed by atoms with Crippen LogP contribution in [0.5, 0.6) is 5.75 Å². The Balaban J connectivity index is 1.28. The molecule has 0 radical (unpaired) electrons. The first-order chi connectivity index (χ1) is 16.8. The number of nitrogens with zero attached hydrogens (tertiary/aromatic N) is 3. The van der Waals surface area contributed by atoms with Crippen molar-refractivity contribution in [1.29, 1.82) is 0 Å². The third kappa shape index (κ3) is 3.93. The van der Waals surface area contributed by atoms with Crippen LogP contribution in [0.25, 0.3) is 44.7 Å². The first-order valence-corrected chi connectivity index (χ1v) is 11.0. The number of hydrogen-bond acceptors (Lipinski definition) is 4. The molecule has 6 aromatic rings. The molecule has 0 aliphatic carbocycles. The quantitative estimate of drug-likeness (QED) is 0.318. The molecule has 6 heteroatoms. The van der Waals surface area contributed by atoms with Gasteiger partial charge >= 0.3 is 0 Å². The fourth-order valence-corrected chi connectivity index (χ4v) is 4.07. The summed E-state index contributed by atoms with van der Waals surface area (Å²) in [7, 11) is 0. The number of ether oxygens (including phenoxy) is 1. The van der Waals surface area contributed by atoms with Gasteiger partial charge in [-0.15, -0.1) is 0 Å². The maximum Gasteiger partial charge on any atom is 0.138 e. The zero-order valence-corrected chi connectivity index (χ0v) is 18.3. The predicted molar refractivity (Wildman–Crippen MR) is 133 cm³/mol. The third-order valence-corrected chi connectivity index (χ3v) is 5.78. The molecule has 164 valence electrons. The van der Waals surface area contributed by atoms with Crippen molar-refractivity contribution in [2.24, 2.45) is 0 Å². The van der Waals surface area contributed by atoms with Gasteiger partial charge in [0.1, 0.15) is 18.1 Å². The maximum absolute atomic E-state index is 5.93. The third-order valence-electron chi connectivity index (χ3n) is 5.78. The van der Waals surface area contributed by atoms with Crippen LogP contribution in [0.1, 0.15) is 5.56 Å². The molecular formula is C28H21N5O. The molecule has 0 saturated carbocycles. The van der Waals surface area contributed by atoms with Crippen molar-refractivity contribution in [3.63, 3.8) is 0 Å². The van der Waals surface area contributed by atoms with Crippen LogP contribution in [0.2, 0.25) is 0 Å². The summed E-state index contributed by atoms with van der Waals surface area (Å²) in [5.41, 5.74) is 8.04. The van der Waals surface area contributed by atoms with Crippen molar-refractivity contribution in [1.82, 2.24) is 25.1 Å². The fraction of sp³-hybridized carbons (Fsp3) is 0.0357. The molecule has 0 aliphatic heterocycles. The smallest absolute Gasteiger partial charge is 0.138 e. The number of benzene rings is 2.